The molecule has 0 aliphatic rings. The third-order valence-corrected chi connectivity index (χ3v) is 3.88. The van der Waals surface area contributed by atoms with E-state index in [1.807, 2.05) is 25.2 Å². The molecule has 0 saturated carbocycles. The highest BCUT2D eigenvalue weighted by atomic mass is 35.5. The minimum absolute atomic E-state index is 0.0577. The quantitative estimate of drug-likeness (QED) is 0.848. The fraction of sp³-hybridized carbons (Fsp3) is 0.250. The molecule has 0 spiro atoms. The number of nitrogens with one attached hydrogen (secondary N) is 1. The van der Waals surface area contributed by atoms with Gasteiger partial charge in [-0.05, 0) is 48.4 Å². The zero-order valence-electron chi connectivity index (χ0n) is 11.1. The van der Waals surface area contributed by atoms with Crippen molar-refractivity contribution in [3.63, 3.8) is 0 Å². The molecule has 0 bridgehead atoms. The zero-order chi connectivity index (χ0) is 13.8. The molecule has 0 fully saturated rings. The maximum atomic E-state index is 6.32. The summed E-state index contributed by atoms with van der Waals surface area (Å²) < 4.78 is 0. The van der Waals surface area contributed by atoms with Crippen molar-refractivity contribution in [2.24, 2.45) is 0 Å². The van der Waals surface area contributed by atoms with Crippen LogP contribution < -0.4 is 5.32 Å². The van der Waals surface area contributed by atoms with Crippen molar-refractivity contribution >= 4 is 23.2 Å². The van der Waals surface area contributed by atoms with Gasteiger partial charge in [0, 0.05) is 10.0 Å². The predicted molar refractivity (Wildman–Crippen MR) is 83.2 cm³/mol. The van der Waals surface area contributed by atoms with Gasteiger partial charge in [-0.3, -0.25) is 0 Å². The molecule has 0 aromatic heterocycles. The molecule has 2 aromatic rings. The summed E-state index contributed by atoms with van der Waals surface area (Å²) in [4.78, 5) is 0. The lowest BCUT2D eigenvalue weighted by molar-refractivity contribution is 0.684. The van der Waals surface area contributed by atoms with Crippen LogP contribution in [0, 0.1) is 0 Å². The normalized spacial score (nSPS) is 12.4. The number of benzene rings is 2. The van der Waals surface area contributed by atoms with Crippen LogP contribution in [0.4, 0.5) is 0 Å². The lowest BCUT2D eigenvalue weighted by Gasteiger charge is -2.21. The Morgan fingerprint density at radius 1 is 1.05 bits per heavy atom. The topological polar surface area (TPSA) is 12.0 Å². The smallest absolute Gasteiger partial charge is 0.0592 e. The molecule has 2 aromatic carbocycles. The molecule has 0 radical (unpaired) electrons. The van der Waals surface area contributed by atoms with Gasteiger partial charge < -0.3 is 5.32 Å². The Morgan fingerprint density at radius 3 is 2.47 bits per heavy atom. The van der Waals surface area contributed by atoms with Crippen molar-refractivity contribution in [3.05, 3.63) is 69.2 Å². The molecule has 3 heteroatoms. The molecule has 1 nitrogen and oxygen atoms in total. The summed E-state index contributed by atoms with van der Waals surface area (Å²) >= 11 is 12.4. The van der Waals surface area contributed by atoms with E-state index in [-0.39, 0.29) is 6.04 Å². The first kappa shape index (κ1) is 14.4. The number of rotatable bonds is 4. The third kappa shape index (κ3) is 3.11. The second-order valence-electron chi connectivity index (χ2n) is 4.44. The number of hydrogen-bond donors (Lipinski definition) is 1. The average Bonchev–Trinajstić information content (AvgIpc) is 2.44. The van der Waals surface area contributed by atoms with Crippen LogP contribution in [-0.2, 0) is 6.42 Å². The standard InChI is InChI=1S/C16H17Cl2N/c1-3-11-6-4-5-7-13(11)16(19-2)14-10-12(17)8-9-15(14)18/h4-10,16,19H,3H2,1-2H3. The maximum Gasteiger partial charge on any atom is 0.0592 e. The van der Waals surface area contributed by atoms with Gasteiger partial charge in [-0.25, -0.2) is 0 Å². The Bertz CT molecular complexity index is 566. The van der Waals surface area contributed by atoms with Crippen LogP contribution in [0.1, 0.15) is 29.7 Å². The lowest BCUT2D eigenvalue weighted by Crippen LogP contribution is -2.19. The Morgan fingerprint density at radius 2 is 1.79 bits per heavy atom. The van der Waals surface area contributed by atoms with Gasteiger partial charge in [-0.1, -0.05) is 54.4 Å². The summed E-state index contributed by atoms with van der Waals surface area (Å²) in [6, 6.07) is 14.0. The molecule has 1 unspecified atom stereocenters. The van der Waals surface area contributed by atoms with Gasteiger partial charge in [-0.2, -0.15) is 0 Å². The fourth-order valence-corrected chi connectivity index (χ4v) is 2.76. The molecular weight excluding hydrogens is 277 g/mol. The summed E-state index contributed by atoms with van der Waals surface area (Å²) in [5.41, 5.74) is 3.58. The summed E-state index contributed by atoms with van der Waals surface area (Å²) in [6.45, 7) is 2.16. The summed E-state index contributed by atoms with van der Waals surface area (Å²) in [6.07, 6.45) is 0.993. The molecule has 1 N–H and O–H groups in total. The molecule has 0 saturated heterocycles. The summed E-state index contributed by atoms with van der Waals surface area (Å²) in [7, 11) is 1.94. The van der Waals surface area contributed by atoms with Gasteiger partial charge >= 0.3 is 0 Å². The van der Waals surface area contributed by atoms with Crippen molar-refractivity contribution in [1.29, 1.82) is 0 Å². The van der Waals surface area contributed by atoms with Crippen molar-refractivity contribution in [3.8, 4) is 0 Å². The highest BCUT2D eigenvalue weighted by Crippen LogP contribution is 2.32. The monoisotopic (exact) mass is 293 g/mol. The lowest BCUT2D eigenvalue weighted by atomic mass is 9.93. The summed E-state index contributed by atoms with van der Waals surface area (Å²) in [5.74, 6) is 0. The third-order valence-electron chi connectivity index (χ3n) is 3.30. The molecule has 0 heterocycles. The van der Waals surface area contributed by atoms with Crippen molar-refractivity contribution in [2.75, 3.05) is 7.05 Å². The molecule has 100 valence electrons. The first-order valence-corrected chi connectivity index (χ1v) is 7.13. The van der Waals surface area contributed by atoms with Gasteiger partial charge in [0.15, 0.2) is 0 Å². The van der Waals surface area contributed by atoms with Gasteiger partial charge in [0.1, 0.15) is 0 Å². The van der Waals surface area contributed by atoms with Gasteiger partial charge in [0.25, 0.3) is 0 Å². The Labute approximate surface area is 124 Å². The van der Waals surface area contributed by atoms with E-state index in [0.717, 1.165) is 17.0 Å². The summed E-state index contributed by atoms with van der Waals surface area (Å²) in [5, 5.41) is 4.77. The van der Waals surface area contributed by atoms with Crippen LogP contribution in [0.5, 0.6) is 0 Å². The fourth-order valence-electron chi connectivity index (χ4n) is 2.35. The molecule has 0 aliphatic heterocycles. The van der Waals surface area contributed by atoms with Gasteiger partial charge in [0.2, 0.25) is 0 Å². The first-order valence-electron chi connectivity index (χ1n) is 6.37. The largest absolute Gasteiger partial charge is 0.309 e. The highest BCUT2D eigenvalue weighted by molar-refractivity contribution is 6.33. The SMILES string of the molecule is CCc1ccccc1C(NC)c1cc(Cl)ccc1Cl. The number of aryl methyl sites for hydroxylation is 1. The number of halogens is 2. The highest BCUT2D eigenvalue weighted by Gasteiger charge is 2.17. The van der Waals surface area contributed by atoms with E-state index in [9.17, 15) is 0 Å². The van der Waals surface area contributed by atoms with Crippen molar-refractivity contribution in [2.45, 2.75) is 19.4 Å². The first-order chi connectivity index (χ1) is 9.17. The zero-order valence-corrected chi connectivity index (χ0v) is 12.6. The second-order valence-corrected chi connectivity index (χ2v) is 5.28. The van der Waals surface area contributed by atoms with Crippen molar-refractivity contribution < 1.29 is 0 Å². The van der Waals surface area contributed by atoms with E-state index in [1.54, 1.807) is 0 Å². The van der Waals surface area contributed by atoms with Crippen molar-refractivity contribution in [1.82, 2.24) is 5.32 Å². The van der Waals surface area contributed by atoms with E-state index in [4.69, 9.17) is 23.2 Å². The second kappa shape index (κ2) is 6.42. The Balaban J connectivity index is 2.53. The minimum Gasteiger partial charge on any atom is -0.309 e. The maximum absolute atomic E-state index is 6.32. The van der Waals surface area contributed by atoms with E-state index in [1.165, 1.54) is 11.1 Å². The van der Waals surface area contributed by atoms with E-state index < -0.39 is 0 Å². The van der Waals surface area contributed by atoms with Crippen LogP contribution in [-0.4, -0.2) is 7.05 Å². The van der Waals surface area contributed by atoms with E-state index in [0.29, 0.717) is 5.02 Å². The predicted octanol–water partition coefficient (Wildman–Crippen LogP) is 4.86. The van der Waals surface area contributed by atoms with Crippen LogP contribution >= 0.6 is 23.2 Å². The van der Waals surface area contributed by atoms with Crippen LogP contribution in [0.2, 0.25) is 10.0 Å². The van der Waals surface area contributed by atoms with Gasteiger partial charge in [-0.15, -0.1) is 0 Å². The molecule has 19 heavy (non-hydrogen) atoms. The molecule has 2 rings (SSSR count). The molecular formula is C16H17Cl2N. The van der Waals surface area contributed by atoms with Crippen LogP contribution in [0.15, 0.2) is 42.5 Å². The van der Waals surface area contributed by atoms with Gasteiger partial charge in [0.05, 0.1) is 6.04 Å². The van der Waals surface area contributed by atoms with E-state index >= 15 is 0 Å². The molecule has 0 amide bonds. The Hall–Kier alpha value is -1.02. The van der Waals surface area contributed by atoms with Crippen LogP contribution in [0.25, 0.3) is 0 Å². The van der Waals surface area contributed by atoms with Crippen LogP contribution in [0.3, 0.4) is 0 Å². The number of hydrogen-bond acceptors (Lipinski definition) is 1. The van der Waals surface area contributed by atoms with E-state index in [2.05, 4.69) is 36.5 Å². The molecule has 0 aliphatic carbocycles. The Kier molecular flexibility index (Phi) is 4.87. The average molecular weight is 294 g/mol. The minimum atomic E-state index is 0.0577. The molecule has 1 atom stereocenters.